The van der Waals surface area contributed by atoms with Crippen molar-refractivity contribution in [1.29, 1.82) is 0 Å². The summed E-state index contributed by atoms with van der Waals surface area (Å²) in [4.78, 5) is 20.6. The van der Waals surface area contributed by atoms with Crippen LogP contribution in [0, 0.1) is 0 Å². The highest BCUT2D eigenvalue weighted by molar-refractivity contribution is 7.99. The Morgan fingerprint density at radius 1 is 1.15 bits per heavy atom. The van der Waals surface area contributed by atoms with Gasteiger partial charge in [0.05, 0.1) is 30.7 Å². The topological polar surface area (TPSA) is 62.6 Å². The molecular weight excluding hydrogens is 384 g/mol. The number of fused-ring (bicyclic) bond motifs is 3. The predicted octanol–water partition coefficient (Wildman–Crippen LogP) is 2.98. The summed E-state index contributed by atoms with van der Waals surface area (Å²) in [5.41, 5.74) is 1.36. The van der Waals surface area contributed by atoms with Crippen molar-refractivity contribution in [2.45, 2.75) is 62.4 Å². The molecule has 0 N–H and O–H groups in total. The van der Waals surface area contributed by atoms with E-state index < -0.39 is 0 Å². The average Bonchev–Trinajstić information content (AvgIpc) is 3.40. The van der Waals surface area contributed by atoms with Crippen LogP contribution in [0.25, 0.3) is 10.2 Å². The smallest absolute Gasteiger partial charge is 0.263 e. The van der Waals surface area contributed by atoms with Crippen LogP contribution in [0.5, 0.6) is 0 Å². The van der Waals surface area contributed by atoms with Gasteiger partial charge in [0.15, 0.2) is 5.16 Å². The van der Waals surface area contributed by atoms with Crippen molar-refractivity contribution in [2.75, 3.05) is 25.8 Å². The van der Waals surface area contributed by atoms with Gasteiger partial charge in [0, 0.05) is 17.2 Å². The van der Waals surface area contributed by atoms with Crippen LogP contribution in [-0.2, 0) is 33.6 Å². The molecule has 0 aromatic carbocycles. The van der Waals surface area contributed by atoms with Gasteiger partial charge in [0.2, 0.25) is 0 Å². The summed E-state index contributed by atoms with van der Waals surface area (Å²) < 4.78 is 18.6. The van der Waals surface area contributed by atoms with Gasteiger partial charge in [-0.2, -0.15) is 0 Å². The van der Waals surface area contributed by atoms with E-state index in [9.17, 15) is 4.79 Å². The zero-order valence-corrected chi connectivity index (χ0v) is 16.9. The van der Waals surface area contributed by atoms with Gasteiger partial charge in [0.1, 0.15) is 11.6 Å². The molecule has 146 valence electrons. The lowest BCUT2D eigenvalue weighted by molar-refractivity contribution is -0.130. The van der Waals surface area contributed by atoms with Gasteiger partial charge in [0.25, 0.3) is 5.56 Å². The Morgan fingerprint density at radius 2 is 2.11 bits per heavy atom. The molecule has 0 saturated carbocycles. The molecule has 0 radical (unpaired) electrons. The summed E-state index contributed by atoms with van der Waals surface area (Å²) in [6.45, 7) is 2.49. The van der Waals surface area contributed by atoms with Crippen LogP contribution >= 0.6 is 23.1 Å². The second-order valence-corrected chi connectivity index (χ2v) is 9.47. The van der Waals surface area contributed by atoms with E-state index >= 15 is 0 Å². The fourth-order valence-electron chi connectivity index (χ4n) is 4.12. The molecule has 4 heterocycles. The lowest BCUT2D eigenvalue weighted by Gasteiger charge is -2.23. The Morgan fingerprint density at radius 3 is 2.93 bits per heavy atom. The average molecular weight is 409 g/mol. The Labute approximate surface area is 166 Å². The molecule has 5 rings (SSSR count). The quantitative estimate of drug-likeness (QED) is 0.560. The number of ether oxygens (including phenoxy) is 3. The number of hydrogen-bond donors (Lipinski definition) is 0. The summed E-state index contributed by atoms with van der Waals surface area (Å²) in [5, 5.41) is 1.66. The molecule has 2 saturated heterocycles. The molecule has 0 unspecified atom stereocenters. The maximum absolute atomic E-state index is 13.4. The van der Waals surface area contributed by atoms with Crippen LogP contribution in [0.1, 0.15) is 36.1 Å². The van der Waals surface area contributed by atoms with Gasteiger partial charge in [-0.3, -0.25) is 9.36 Å². The van der Waals surface area contributed by atoms with Crippen LogP contribution in [0.3, 0.4) is 0 Å². The van der Waals surface area contributed by atoms with Gasteiger partial charge in [-0.15, -0.1) is 11.3 Å². The van der Waals surface area contributed by atoms with Crippen LogP contribution in [0.2, 0.25) is 0 Å². The highest BCUT2D eigenvalue weighted by Gasteiger charge is 2.26. The van der Waals surface area contributed by atoms with Crippen molar-refractivity contribution in [1.82, 2.24) is 9.55 Å². The predicted molar refractivity (Wildman–Crippen MR) is 106 cm³/mol. The normalized spacial score (nSPS) is 25.3. The first-order valence-corrected chi connectivity index (χ1v) is 11.6. The van der Waals surface area contributed by atoms with E-state index in [4.69, 9.17) is 19.2 Å². The SMILES string of the molecule is O=c1c2c3c(sc2nc(SC[C@H]2CCOCO2)n1C[C@H]1CCCO1)CCC3. The monoisotopic (exact) mass is 408 g/mol. The molecule has 0 spiro atoms. The molecule has 8 heteroatoms. The second kappa shape index (κ2) is 7.83. The van der Waals surface area contributed by atoms with Crippen molar-refractivity contribution in [2.24, 2.45) is 0 Å². The number of nitrogens with zero attached hydrogens (tertiary/aromatic N) is 2. The number of hydrogen-bond acceptors (Lipinski definition) is 7. The van der Waals surface area contributed by atoms with Crippen molar-refractivity contribution < 1.29 is 14.2 Å². The number of thioether (sulfide) groups is 1. The maximum atomic E-state index is 13.4. The molecule has 6 nitrogen and oxygen atoms in total. The summed E-state index contributed by atoms with van der Waals surface area (Å²) in [6.07, 6.45) is 6.49. The standard InChI is InChI=1S/C19H24N2O4S2/c22-18-16-14-4-1-5-15(14)27-17(16)20-19(21(18)9-12-3-2-7-24-12)26-10-13-6-8-23-11-25-13/h12-13H,1-11H2/t12-,13-/m1/s1. The van der Waals surface area contributed by atoms with Crippen LogP contribution in [0.15, 0.2) is 9.95 Å². The molecule has 2 aromatic heterocycles. The Balaban J connectivity index is 1.49. The van der Waals surface area contributed by atoms with E-state index in [1.165, 1.54) is 10.4 Å². The lowest BCUT2D eigenvalue weighted by atomic mass is 10.2. The van der Waals surface area contributed by atoms with Gasteiger partial charge in [-0.25, -0.2) is 4.98 Å². The molecule has 2 atom stereocenters. The third kappa shape index (κ3) is 3.58. The van der Waals surface area contributed by atoms with Crippen LogP contribution < -0.4 is 5.56 Å². The van der Waals surface area contributed by atoms with E-state index in [0.717, 1.165) is 72.9 Å². The summed E-state index contributed by atoms with van der Waals surface area (Å²) in [7, 11) is 0. The molecule has 0 amide bonds. The minimum Gasteiger partial charge on any atom is -0.376 e. The van der Waals surface area contributed by atoms with E-state index in [1.54, 1.807) is 23.1 Å². The third-order valence-electron chi connectivity index (χ3n) is 5.57. The first-order chi connectivity index (χ1) is 13.3. The molecule has 27 heavy (non-hydrogen) atoms. The Bertz CT molecular complexity index is 882. The molecule has 2 fully saturated rings. The second-order valence-electron chi connectivity index (χ2n) is 7.40. The van der Waals surface area contributed by atoms with Crippen molar-refractivity contribution in [3.05, 3.63) is 20.8 Å². The highest BCUT2D eigenvalue weighted by Crippen LogP contribution is 2.36. The van der Waals surface area contributed by atoms with E-state index in [0.29, 0.717) is 13.3 Å². The number of thiophene rings is 1. The van der Waals surface area contributed by atoms with Gasteiger partial charge < -0.3 is 14.2 Å². The fourth-order valence-corrected chi connectivity index (χ4v) is 6.50. The molecule has 2 aromatic rings. The first-order valence-electron chi connectivity index (χ1n) is 9.78. The van der Waals surface area contributed by atoms with Crippen LogP contribution in [0.4, 0.5) is 0 Å². The molecule has 0 bridgehead atoms. The zero-order valence-electron chi connectivity index (χ0n) is 15.3. The van der Waals surface area contributed by atoms with E-state index in [1.807, 2.05) is 4.57 Å². The highest BCUT2D eigenvalue weighted by atomic mass is 32.2. The number of aryl methyl sites for hydroxylation is 2. The van der Waals surface area contributed by atoms with Crippen molar-refractivity contribution >= 4 is 33.3 Å². The Kier molecular flexibility index (Phi) is 5.26. The van der Waals surface area contributed by atoms with E-state index in [2.05, 4.69) is 0 Å². The summed E-state index contributed by atoms with van der Waals surface area (Å²) in [5.74, 6) is 0.790. The van der Waals surface area contributed by atoms with Gasteiger partial charge in [-0.1, -0.05) is 11.8 Å². The maximum Gasteiger partial charge on any atom is 0.263 e. The van der Waals surface area contributed by atoms with Crippen molar-refractivity contribution in [3.8, 4) is 0 Å². The number of rotatable bonds is 5. The minimum atomic E-state index is 0.116. The van der Waals surface area contributed by atoms with Crippen molar-refractivity contribution in [3.63, 3.8) is 0 Å². The summed E-state index contributed by atoms with van der Waals surface area (Å²) >= 11 is 3.34. The van der Waals surface area contributed by atoms with E-state index in [-0.39, 0.29) is 17.8 Å². The molecular formula is C19H24N2O4S2. The summed E-state index contributed by atoms with van der Waals surface area (Å²) in [6, 6.07) is 0. The van der Waals surface area contributed by atoms with Crippen LogP contribution in [-0.4, -0.2) is 47.5 Å². The van der Waals surface area contributed by atoms with Gasteiger partial charge in [-0.05, 0) is 44.1 Å². The minimum absolute atomic E-state index is 0.116. The number of aromatic nitrogens is 2. The molecule has 2 aliphatic heterocycles. The molecule has 1 aliphatic carbocycles. The Hall–Kier alpha value is -0.930. The van der Waals surface area contributed by atoms with Gasteiger partial charge >= 0.3 is 0 Å². The third-order valence-corrected chi connectivity index (χ3v) is 7.86. The fraction of sp³-hybridized carbons (Fsp3) is 0.684. The zero-order chi connectivity index (χ0) is 18.2. The lowest BCUT2D eigenvalue weighted by Crippen LogP contribution is -2.30. The molecule has 3 aliphatic rings. The first kappa shape index (κ1) is 18.1. The largest absolute Gasteiger partial charge is 0.376 e.